The van der Waals surface area contributed by atoms with Crippen molar-refractivity contribution in [3.8, 4) is 0 Å². The van der Waals surface area contributed by atoms with Crippen LogP contribution in [0.1, 0.15) is 17.3 Å². The Morgan fingerprint density at radius 1 is 1.47 bits per heavy atom. The van der Waals surface area contributed by atoms with Gasteiger partial charge in [-0.25, -0.2) is 14.0 Å². The molecule has 5 nitrogen and oxygen atoms in total. The molecule has 1 aromatic rings. The first kappa shape index (κ1) is 15.3. The van der Waals surface area contributed by atoms with Crippen LogP contribution in [-0.4, -0.2) is 35.2 Å². The van der Waals surface area contributed by atoms with Crippen LogP contribution in [0.25, 0.3) is 0 Å². The third kappa shape index (κ3) is 4.78. The van der Waals surface area contributed by atoms with Gasteiger partial charge < -0.3 is 15.7 Å². The molecule has 0 fully saturated rings. The number of hydrogen-bond acceptors (Lipinski definition) is 3. The number of anilines is 1. The molecule has 0 aliphatic rings. The van der Waals surface area contributed by atoms with Gasteiger partial charge in [0.1, 0.15) is 5.82 Å². The van der Waals surface area contributed by atoms with E-state index >= 15 is 0 Å². The Morgan fingerprint density at radius 3 is 2.74 bits per heavy atom. The largest absolute Gasteiger partial charge is 0.478 e. The van der Waals surface area contributed by atoms with Crippen molar-refractivity contribution in [2.45, 2.75) is 12.2 Å². The highest BCUT2D eigenvalue weighted by Gasteiger charge is 2.12. The number of carbonyl (C=O) groups excluding carboxylic acids is 1. The Bertz CT molecular complexity index is 482. The summed E-state index contributed by atoms with van der Waals surface area (Å²) in [6.07, 6.45) is 1.93. The number of carbonyl (C=O) groups is 2. The summed E-state index contributed by atoms with van der Waals surface area (Å²) >= 11 is 1.61. The molecule has 1 aromatic carbocycles. The highest BCUT2D eigenvalue weighted by Crippen LogP contribution is 2.14. The number of carboxylic acids is 1. The van der Waals surface area contributed by atoms with Crippen LogP contribution in [0.2, 0.25) is 0 Å². The fourth-order valence-electron chi connectivity index (χ4n) is 1.26. The molecule has 0 saturated heterocycles. The predicted molar refractivity (Wildman–Crippen MR) is 73.4 cm³/mol. The summed E-state index contributed by atoms with van der Waals surface area (Å²) in [7, 11) is 0. The van der Waals surface area contributed by atoms with E-state index in [0.29, 0.717) is 6.54 Å². The molecule has 0 saturated carbocycles. The van der Waals surface area contributed by atoms with Gasteiger partial charge in [-0.1, -0.05) is 6.92 Å². The number of urea groups is 1. The van der Waals surface area contributed by atoms with Crippen molar-refractivity contribution in [2.24, 2.45) is 0 Å². The minimum absolute atomic E-state index is 0.230. The molecule has 104 valence electrons. The van der Waals surface area contributed by atoms with Gasteiger partial charge >= 0.3 is 12.0 Å². The first-order valence-corrected chi connectivity index (χ1v) is 6.83. The molecule has 0 heterocycles. The molecule has 1 rings (SSSR count). The Hall–Kier alpha value is -1.76. The minimum atomic E-state index is -1.38. The second-order valence-electron chi connectivity index (χ2n) is 3.88. The number of aromatic carboxylic acids is 1. The summed E-state index contributed by atoms with van der Waals surface area (Å²) in [6, 6.07) is 2.93. The monoisotopic (exact) mass is 286 g/mol. The van der Waals surface area contributed by atoms with Gasteiger partial charge in [0.15, 0.2) is 0 Å². The highest BCUT2D eigenvalue weighted by molar-refractivity contribution is 7.99. The zero-order valence-electron chi connectivity index (χ0n) is 10.6. The summed E-state index contributed by atoms with van der Waals surface area (Å²) in [6.45, 7) is 2.45. The molecular formula is C12H15FN2O3S. The van der Waals surface area contributed by atoms with Crippen molar-refractivity contribution in [2.75, 3.05) is 18.1 Å². The van der Waals surface area contributed by atoms with Gasteiger partial charge in [0.2, 0.25) is 0 Å². The van der Waals surface area contributed by atoms with Crippen LogP contribution < -0.4 is 10.6 Å². The van der Waals surface area contributed by atoms with E-state index in [1.54, 1.807) is 11.8 Å². The lowest BCUT2D eigenvalue weighted by atomic mass is 10.2. The van der Waals surface area contributed by atoms with E-state index in [1.807, 2.05) is 13.2 Å². The quantitative estimate of drug-likeness (QED) is 0.776. The third-order valence-corrected chi connectivity index (χ3v) is 3.38. The van der Waals surface area contributed by atoms with E-state index in [0.717, 1.165) is 12.1 Å². The second-order valence-corrected chi connectivity index (χ2v) is 5.16. The van der Waals surface area contributed by atoms with Crippen LogP contribution in [0.3, 0.4) is 0 Å². The Labute approximate surface area is 114 Å². The second kappa shape index (κ2) is 6.98. The molecule has 0 aliphatic carbocycles. The normalized spacial score (nSPS) is 11.7. The van der Waals surface area contributed by atoms with Crippen molar-refractivity contribution in [3.05, 3.63) is 29.6 Å². The number of halogens is 1. The van der Waals surface area contributed by atoms with Crippen LogP contribution in [0.15, 0.2) is 18.2 Å². The van der Waals surface area contributed by atoms with Gasteiger partial charge in [0.05, 0.1) is 5.56 Å². The maximum Gasteiger partial charge on any atom is 0.338 e. The van der Waals surface area contributed by atoms with Gasteiger partial charge in [-0.05, 0) is 24.5 Å². The molecule has 0 spiro atoms. The first-order valence-electron chi connectivity index (χ1n) is 5.54. The molecule has 0 bridgehead atoms. The van der Waals surface area contributed by atoms with E-state index in [1.165, 1.54) is 6.07 Å². The summed E-state index contributed by atoms with van der Waals surface area (Å²) in [5.74, 6) is -2.22. The van der Waals surface area contributed by atoms with E-state index < -0.39 is 23.4 Å². The SMILES string of the molecule is CSC(C)CNC(=O)Nc1ccc(F)c(C(=O)O)c1. The van der Waals surface area contributed by atoms with E-state index in [-0.39, 0.29) is 10.9 Å². The maximum absolute atomic E-state index is 13.1. The molecule has 1 atom stereocenters. The molecule has 0 aromatic heterocycles. The topological polar surface area (TPSA) is 78.4 Å². The molecule has 19 heavy (non-hydrogen) atoms. The molecule has 0 radical (unpaired) electrons. The number of carboxylic acid groups (broad SMARTS) is 1. The third-order valence-electron chi connectivity index (χ3n) is 2.41. The Morgan fingerprint density at radius 2 is 2.16 bits per heavy atom. The minimum Gasteiger partial charge on any atom is -0.478 e. The number of rotatable bonds is 5. The van der Waals surface area contributed by atoms with Crippen LogP contribution in [0.5, 0.6) is 0 Å². The van der Waals surface area contributed by atoms with Crippen molar-refractivity contribution < 1.29 is 19.1 Å². The van der Waals surface area contributed by atoms with Crippen molar-refractivity contribution in [1.82, 2.24) is 5.32 Å². The van der Waals surface area contributed by atoms with Crippen molar-refractivity contribution in [3.63, 3.8) is 0 Å². The zero-order valence-corrected chi connectivity index (χ0v) is 11.4. The van der Waals surface area contributed by atoms with Gasteiger partial charge in [0.25, 0.3) is 0 Å². The van der Waals surface area contributed by atoms with E-state index in [9.17, 15) is 14.0 Å². The summed E-state index contributed by atoms with van der Waals surface area (Å²) < 4.78 is 13.1. The molecule has 0 aliphatic heterocycles. The van der Waals surface area contributed by atoms with E-state index in [4.69, 9.17) is 5.11 Å². The molecule has 7 heteroatoms. The number of thioether (sulfide) groups is 1. The van der Waals surface area contributed by atoms with Crippen molar-refractivity contribution in [1.29, 1.82) is 0 Å². The van der Waals surface area contributed by atoms with E-state index in [2.05, 4.69) is 10.6 Å². The standard InChI is InChI=1S/C12H15FN2O3S/c1-7(19-2)6-14-12(18)15-8-3-4-10(13)9(5-8)11(16)17/h3-5,7H,6H2,1-2H3,(H,16,17)(H2,14,15,18). The lowest BCUT2D eigenvalue weighted by Gasteiger charge is -2.11. The smallest absolute Gasteiger partial charge is 0.338 e. The molecule has 3 N–H and O–H groups in total. The maximum atomic E-state index is 13.1. The van der Waals surface area contributed by atoms with Crippen LogP contribution in [0, 0.1) is 5.82 Å². The molecule has 2 amide bonds. The first-order chi connectivity index (χ1) is 8.93. The fraction of sp³-hybridized carbons (Fsp3) is 0.333. The van der Waals surface area contributed by atoms with Crippen LogP contribution in [-0.2, 0) is 0 Å². The summed E-state index contributed by atoms with van der Waals surface area (Å²) in [5, 5.41) is 14.1. The average Bonchev–Trinajstić information content (AvgIpc) is 2.37. The number of amides is 2. The fourth-order valence-corrected chi connectivity index (χ4v) is 1.51. The molecular weight excluding hydrogens is 271 g/mol. The zero-order chi connectivity index (χ0) is 14.4. The number of nitrogens with one attached hydrogen (secondary N) is 2. The van der Waals surface area contributed by atoms with Gasteiger partial charge in [-0.2, -0.15) is 11.8 Å². The van der Waals surface area contributed by atoms with Gasteiger partial charge in [-0.15, -0.1) is 0 Å². The number of hydrogen-bond donors (Lipinski definition) is 3. The highest BCUT2D eigenvalue weighted by atomic mass is 32.2. The van der Waals surface area contributed by atoms with Gasteiger partial charge in [0, 0.05) is 17.5 Å². The van der Waals surface area contributed by atoms with Crippen LogP contribution >= 0.6 is 11.8 Å². The predicted octanol–water partition coefficient (Wildman–Crippen LogP) is 2.40. The van der Waals surface area contributed by atoms with Gasteiger partial charge in [-0.3, -0.25) is 0 Å². The number of benzene rings is 1. The summed E-state index contributed by atoms with van der Waals surface area (Å²) in [5.41, 5.74) is -0.247. The van der Waals surface area contributed by atoms with Crippen molar-refractivity contribution >= 4 is 29.4 Å². The average molecular weight is 286 g/mol. The summed E-state index contributed by atoms with van der Waals surface area (Å²) in [4.78, 5) is 22.3. The van der Waals surface area contributed by atoms with Crippen LogP contribution in [0.4, 0.5) is 14.9 Å². The molecule has 1 unspecified atom stereocenters. The Kier molecular flexibility index (Phi) is 5.62. The lowest BCUT2D eigenvalue weighted by Crippen LogP contribution is -2.33. The Balaban J connectivity index is 2.64. The lowest BCUT2D eigenvalue weighted by molar-refractivity contribution is 0.0692.